The van der Waals surface area contributed by atoms with Crippen molar-refractivity contribution < 1.29 is 9.59 Å². The SMILES string of the molecule is CCCNC(=O)C(CC)N(Cc1ccc(C)cc1)C(=O)Cc1ccc(C)c(C)c1. The van der Waals surface area contributed by atoms with Gasteiger partial charge in [-0.15, -0.1) is 0 Å². The van der Waals surface area contributed by atoms with Gasteiger partial charge in [0.2, 0.25) is 11.8 Å². The van der Waals surface area contributed by atoms with Crippen LogP contribution in [0.5, 0.6) is 0 Å². The number of carbonyl (C=O) groups is 2. The highest BCUT2D eigenvalue weighted by Gasteiger charge is 2.28. The van der Waals surface area contributed by atoms with Crippen molar-refractivity contribution in [3.63, 3.8) is 0 Å². The highest BCUT2D eigenvalue weighted by Crippen LogP contribution is 2.17. The number of carbonyl (C=O) groups excluding carboxylic acids is 2. The van der Waals surface area contributed by atoms with E-state index < -0.39 is 6.04 Å². The molecule has 1 atom stereocenters. The molecule has 4 heteroatoms. The van der Waals surface area contributed by atoms with Crippen molar-refractivity contribution in [2.45, 2.75) is 66.5 Å². The summed E-state index contributed by atoms with van der Waals surface area (Å²) in [5, 5.41) is 2.96. The van der Waals surface area contributed by atoms with Gasteiger partial charge in [-0.25, -0.2) is 0 Å². The fraction of sp³-hybridized carbons (Fsp3) is 0.440. The Morgan fingerprint density at radius 2 is 1.59 bits per heavy atom. The van der Waals surface area contributed by atoms with Crippen LogP contribution in [0.1, 0.15) is 54.5 Å². The molecule has 0 aliphatic carbocycles. The van der Waals surface area contributed by atoms with E-state index in [0.717, 1.165) is 17.5 Å². The quantitative estimate of drug-likeness (QED) is 0.681. The highest BCUT2D eigenvalue weighted by atomic mass is 16.2. The van der Waals surface area contributed by atoms with E-state index in [9.17, 15) is 9.59 Å². The Morgan fingerprint density at radius 1 is 0.931 bits per heavy atom. The van der Waals surface area contributed by atoms with E-state index in [1.807, 2.05) is 57.2 Å². The van der Waals surface area contributed by atoms with Gasteiger partial charge in [-0.05, 0) is 55.9 Å². The Bertz CT molecular complexity index is 827. The lowest BCUT2D eigenvalue weighted by Gasteiger charge is -2.31. The van der Waals surface area contributed by atoms with Crippen molar-refractivity contribution in [2.75, 3.05) is 6.54 Å². The lowest BCUT2D eigenvalue weighted by molar-refractivity contribution is -0.140. The molecular formula is C25H34N2O2. The zero-order valence-electron chi connectivity index (χ0n) is 18.4. The second-order valence-corrected chi connectivity index (χ2v) is 7.82. The van der Waals surface area contributed by atoms with Gasteiger partial charge >= 0.3 is 0 Å². The fourth-order valence-electron chi connectivity index (χ4n) is 3.37. The first-order valence-electron chi connectivity index (χ1n) is 10.5. The number of amides is 2. The molecule has 0 saturated carbocycles. The summed E-state index contributed by atoms with van der Waals surface area (Å²) in [7, 11) is 0. The number of nitrogens with one attached hydrogen (secondary N) is 1. The minimum absolute atomic E-state index is 0.0210. The van der Waals surface area contributed by atoms with Crippen LogP contribution < -0.4 is 5.32 Å². The predicted molar refractivity (Wildman–Crippen MR) is 119 cm³/mol. The second kappa shape index (κ2) is 10.8. The number of nitrogens with zero attached hydrogens (tertiary/aromatic N) is 1. The van der Waals surface area contributed by atoms with E-state index in [1.165, 1.54) is 16.7 Å². The van der Waals surface area contributed by atoms with Crippen molar-refractivity contribution in [3.8, 4) is 0 Å². The van der Waals surface area contributed by atoms with Gasteiger partial charge in [0.25, 0.3) is 0 Å². The number of benzene rings is 2. The van der Waals surface area contributed by atoms with Crippen LogP contribution in [0.4, 0.5) is 0 Å². The summed E-state index contributed by atoms with van der Waals surface area (Å²) in [5.74, 6) is -0.0952. The molecule has 0 bridgehead atoms. The van der Waals surface area contributed by atoms with Gasteiger partial charge in [0.05, 0.1) is 6.42 Å². The van der Waals surface area contributed by atoms with Gasteiger partial charge < -0.3 is 10.2 Å². The minimum atomic E-state index is -0.470. The molecule has 0 aliphatic rings. The number of rotatable bonds is 9. The third-order valence-corrected chi connectivity index (χ3v) is 5.34. The topological polar surface area (TPSA) is 49.4 Å². The molecule has 156 valence electrons. The van der Waals surface area contributed by atoms with Gasteiger partial charge in [-0.3, -0.25) is 9.59 Å². The van der Waals surface area contributed by atoms with Crippen molar-refractivity contribution in [2.24, 2.45) is 0 Å². The van der Waals surface area contributed by atoms with Crippen LogP contribution in [0, 0.1) is 20.8 Å². The molecule has 2 aromatic rings. The van der Waals surface area contributed by atoms with E-state index >= 15 is 0 Å². The Balaban J connectivity index is 2.27. The lowest BCUT2D eigenvalue weighted by Crippen LogP contribution is -2.49. The van der Waals surface area contributed by atoms with Gasteiger partial charge in [0.1, 0.15) is 6.04 Å². The smallest absolute Gasteiger partial charge is 0.242 e. The van der Waals surface area contributed by atoms with Crippen molar-refractivity contribution in [3.05, 3.63) is 70.3 Å². The predicted octanol–water partition coefficient (Wildman–Crippen LogP) is 4.49. The summed E-state index contributed by atoms with van der Waals surface area (Å²) in [6, 6.07) is 13.8. The van der Waals surface area contributed by atoms with E-state index in [2.05, 4.69) is 25.2 Å². The highest BCUT2D eigenvalue weighted by molar-refractivity contribution is 5.88. The van der Waals surface area contributed by atoms with Gasteiger partial charge in [-0.1, -0.05) is 61.9 Å². The van der Waals surface area contributed by atoms with Crippen molar-refractivity contribution >= 4 is 11.8 Å². The molecule has 2 rings (SSSR count). The number of aryl methyl sites for hydroxylation is 3. The average Bonchev–Trinajstić information content (AvgIpc) is 2.70. The van der Waals surface area contributed by atoms with Crippen LogP contribution >= 0.6 is 0 Å². The molecule has 0 spiro atoms. The molecule has 0 fully saturated rings. The standard InChI is InChI=1S/C25H34N2O2/c1-6-14-26-25(29)23(7-2)27(17-21-11-8-18(3)9-12-21)24(28)16-22-13-10-19(4)20(5)15-22/h8-13,15,23H,6-7,14,16-17H2,1-5H3,(H,26,29). The van der Waals surface area contributed by atoms with Gasteiger partial charge in [0.15, 0.2) is 0 Å². The molecule has 1 unspecified atom stereocenters. The lowest BCUT2D eigenvalue weighted by atomic mass is 10.0. The zero-order valence-corrected chi connectivity index (χ0v) is 18.4. The van der Waals surface area contributed by atoms with Crippen LogP contribution in [-0.2, 0) is 22.6 Å². The van der Waals surface area contributed by atoms with E-state index in [0.29, 0.717) is 25.9 Å². The summed E-state index contributed by atoms with van der Waals surface area (Å²) in [5.41, 5.74) is 5.58. The average molecular weight is 395 g/mol. The van der Waals surface area contributed by atoms with Crippen LogP contribution in [0.15, 0.2) is 42.5 Å². The third kappa shape index (κ3) is 6.45. The molecule has 29 heavy (non-hydrogen) atoms. The summed E-state index contributed by atoms with van der Waals surface area (Å²) in [6.07, 6.45) is 1.75. The number of hydrogen-bond donors (Lipinski definition) is 1. The number of hydrogen-bond acceptors (Lipinski definition) is 2. The van der Waals surface area contributed by atoms with Crippen LogP contribution in [0.3, 0.4) is 0 Å². The molecule has 0 aliphatic heterocycles. The van der Waals surface area contributed by atoms with Crippen LogP contribution in [-0.4, -0.2) is 29.3 Å². The molecule has 2 aromatic carbocycles. The maximum atomic E-state index is 13.3. The first kappa shape index (κ1) is 22.7. The fourth-order valence-corrected chi connectivity index (χ4v) is 3.37. The molecule has 0 heterocycles. The molecular weight excluding hydrogens is 360 g/mol. The van der Waals surface area contributed by atoms with Crippen molar-refractivity contribution in [1.29, 1.82) is 0 Å². The Morgan fingerprint density at radius 3 is 2.17 bits per heavy atom. The first-order valence-corrected chi connectivity index (χ1v) is 10.5. The van der Waals surface area contributed by atoms with E-state index in [4.69, 9.17) is 0 Å². The third-order valence-electron chi connectivity index (χ3n) is 5.34. The Kier molecular flexibility index (Phi) is 8.44. The normalized spacial score (nSPS) is 11.8. The Hall–Kier alpha value is -2.62. The summed E-state index contributed by atoms with van der Waals surface area (Å²) < 4.78 is 0. The second-order valence-electron chi connectivity index (χ2n) is 7.82. The minimum Gasteiger partial charge on any atom is -0.354 e. The molecule has 4 nitrogen and oxygen atoms in total. The molecule has 0 aromatic heterocycles. The Labute approximate surface area is 175 Å². The summed E-state index contributed by atoms with van der Waals surface area (Å²) >= 11 is 0. The molecule has 0 radical (unpaired) electrons. The van der Waals surface area contributed by atoms with Gasteiger partial charge in [-0.2, -0.15) is 0 Å². The van der Waals surface area contributed by atoms with Crippen molar-refractivity contribution in [1.82, 2.24) is 10.2 Å². The van der Waals surface area contributed by atoms with E-state index in [1.54, 1.807) is 4.90 Å². The largest absolute Gasteiger partial charge is 0.354 e. The maximum Gasteiger partial charge on any atom is 0.242 e. The van der Waals surface area contributed by atoms with Gasteiger partial charge in [0, 0.05) is 13.1 Å². The summed E-state index contributed by atoms with van der Waals surface area (Å²) in [4.78, 5) is 27.8. The monoisotopic (exact) mass is 394 g/mol. The molecule has 2 amide bonds. The maximum absolute atomic E-state index is 13.3. The molecule has 0 saturated heterocycles. The van der Waals surface area contributed by atoms with Crippen LogP contribution in [0.2, 0.25) is 0 Å². The first-order chi connectivity index (χ1) is 13.8. The van der Waals surface area contributed by atoms with Crippen LogP contribution in [0.25, 0.3) is 0 Å². The zero-order chi connectivity index (χ0) is 21.4. The molecule has 1 N–H and O–H groups in total. The summed E-state index contributed by atoms with van der Waals surface area (Å²) in [6.45, 7) is 11.2. The van der Waals surface area contributed by atoms with E-state index in [-0.39, 0.29) is 11.8 Å².